The molecule has 2 aromatic heterocycles. The third-order valence-corrected chi connectivity index (χ3v) is 5.22. The quantitative estimate of drug-likeness (QED) is 0.707. The molecule has 0 fully saturated rings. The van der Waals surface area contributed by atoms with Gasteiger partial charge < -0.3 is 5.32 Å². The molecule has 0 spiro atoms. The zero-order chi connectivity index (χ0) is 13.1. The smallest absolute Gasteiger partial charge is 0.0456 e. The normalized spacial score (nSPS) is 12.9. The van der Waals surface area contributed by atoms with Crippen molar-refractivity contribution in [2.75, 3.05) is 6.54 Å². The summed E-state index contributed by atoms with van der Waals surface area (Å²) in [5.74, 6) is 0. The molecule has 0 saturated heterocycles. The van der Waals surface area contributed by atoms with Crippen LogP contribution in [0.25, 0.3) is 10.1 Å². The van der Waals surface area contributed by atoms with Gasteiger partial charge in [0.05, 0.1) is 0 Å². The molecule has 3 rings (SSSR count). The summed E-state index contributed by atoms with van der Waals surface area (Å²) in [6.45, 7) is 3.18. The van der Waals surface area contributed by atoms with E-state index in [0.717, 1.165) is 13.0 Å². The molecule has 2 heterocycles. The third kappa shape index (κ3) is 2.89. The summed E-state index contributed by atoms with van der Waals surface area (Å²) < 4.78 is 1.38. The maximum atomic E-state index is 3.61. The number of rotatable bonds is 5. The molecule has 3 heteroatoms. The molecule has 0 radical (unpaired) electrons. The van der Waals surface area contributed by atoms with Crippen molar-refractivity contribution < 1.29 is 0 Å². The monoisotopic (exact) mass is 287 g/mol. The summed E-state index contributed by atoms with van der Waals surface area (Å²) in [4.78, 5) is 1.44. The predicted octanol–water partition coefficient (Wildman–Crippen LogP) is 4.86. The lowest BCUT2D eigenvalue weighted by atomic mass is 10.1. The summed E-state index contributed by atoms with van der Waals surface area (Å²) in [5, 5.41) is 9.37. The van der Waals surface area contributed by atoms with Crippen LogP contribution in [0.4, 0.5) is 0 Å². The Labute approximate surface area is 121 Å². The van der Waals surface area contributed by atoms with Crippen molar-refractivity contribution in [1.29, 1.82) is 0 Å². The van der Waals surface area contributed by atoms with E-state index in [1.807, 2.05) is 11.3 Å². The minimum atomic E-state index is 0.428. The highest BCUT2D eigenvalue weighted by atomic mass is 32.1. The molecular formula is C16H17NS2. The first-order valence-electron chi connectivity index (χ1n) is 6.59. The van der Waals surface area contributed by atoms with Crippen LogP contribution >= 0.6 is 22.7 Å². The Morgan fingerprint density at radius 1 is 1.21 bits per heavy atom. The molecule has 98 valence electrons. The number of hydrogen-bond acceptors (Lipinski definition) is 3. The van der Waals surface area contributed by atoms with Crippen LogP contribution in [-0.2, 0) is 6.42 Å². The Hall–Kier alpha value is -1.16. The Kier molecular flexibility index (Phi) is 3.97. The summed E-state index contributed by atoms with van der Waals surface area (Å²) in [5.41, 5.74) is 1.42. The van der Waals surface area contributed by atoms with Crippen LogP contribution in [0, 0.1) is 0 Å². The van der Waals surface area contributed by atoms with Crippen molar-refractivity contribution in [3.05, 3.63) is 57.6 Å². The molecule has 1 aromatic carbocycles. The van der Waals surface area contributed by atoms with Gasteiger partial charge in [-0.1, -0.05) is 25.1 Å². The molecule has 1 atom stereocenters. The van der Waals surface area contributed by atoms with E-state index in [2.05, 4.69) is 59.4 Å². The standard InChI is InChI=1S/C16H17NS2/c1-2-17-14(9-12-7-8-18-11-12)16-10-13-5-3-4-6-15(13)19-16/h3-8,10-11,14,17H,2,9H2,1H3. The molecule has 1 unspecified atom stereocenters. The summed E-state index contributed by atoms with van der Waals surface area (Å²) in [6.07, 6.45) is 1.07. The summed E-state index contributed by atoms with van der Waals surface area (Å²) in [7, 11) is 0. The lowest BCUT2D eigenvalue weighted by Crippen LogP contribution is -2.21. The van der Waals surface area contributed by atoms with E-state index >= 15 is 0 Å². The molecular weight excluding hydrogens is 270 g/mol. The molecule has 1 nitrogen and oxygen atoms in total. The fraction of sp³-hybridized carbons (Fsp3) is 0.250. The van der Waals surface area contributed by atoms with Gasteiger partial charge in [0, 0.05) is 15.6 Å². The van der Waals surface area contributed by atoms with Gasteiger partial charge in [-0.25, -0.2) is 0 Å². The Bertz CT molecular complexity index is 607. The number of hydrogen-bond donors (Lipinski definition) is 1. The minimum Gasteiger partial charge on any atom is -0.309 e. The SMILES string of the molecule is CCNC(Cc1ccsc1)c1cc2ccccc2s1. The highest BCUT2D eigenvalue weighted by molar-refractivity contribution is 7.19. The molecule has 0 amide bonds. The van der Waals surface area contributed by atoms with Gasteiger partial charge in [-0.2, -0.15) is 11.3 Å². The van der Waals surface area contributed by atoms with Crippen molar-refractivity contribution in [2.24, 2.45) is 0 Å². The van der Waals surface area contributed by atoms with Crippen LogP contribution in [0.1, 0.15) is 23.4 Å². The van der Waals surface area contributed by atoms with Gasteiger partial charge in [0.25, 0.3) is 0 Å². The van der Waals surface area contributed by atoms with Crippen molar-refractivity contribution >= 4 is 32.8 Å². The fourth-order valence-electron chi connectivity index (χ4n) is 2.34. The van der Waals surface area contributed by atoms with Crippen LogP contribution in [0.5, 0.6) is 0 Å². The van der Waals surface area contributed by atoms with E-state index in [0.29, 0.717) is 6.04 Å². The van der Waals surface area contributed by atoms with Gasteiger partial charge in [-0.05, 0) is 52.9 Å². The van der Waals surface area contributed by atoms with Crippen molar-refractivity contribution in [1.82, 2.24) is 5.32 Å². The molecule has 19 heavy (non-hydrogen) atoms. The van der Waals surface area contributed by atoms with Crippen molar-refractivity contribution in [3.8, 4) is 0 Å². The van der Waals surface area contributed by atoms with Gasteiger partial charge in [0.1, 0.15) is 0 Å². The second-order valence-electron chi connectivity index (χ2n) is 4.63. The summed E-state index contributed by atoms with van der Waals surface area (Å²) >= 11 is 3.68. The van der Waals surface area contributed by atoms with Gasteiger partial charge >= 0.3 is 0 Å². The molecule has 0 bridgehead atoms. The first-order valence-corrected chi connectivity index (χ1v) is 8.35. The molecule has 0 aliphatic rings. The van der Waals surface area contributed by atoms with E-state index < -0.39 is 0 Å². The Morgan fingerprint density at radius 2 is 2.11 bits per heavy atom. The molecule has 0 saturated carbocycles. The summed E-state index contributed by atoms with van der Waals surface area (Å²) in [6, 6.07) is 13.6. The first-order chi connectivity index (χ1) is 9.36. The predicted molar refractivity (Wildman–Crippen MR) is 86.3 cm³/mol. The lowest BCUT2D eigenvalue weighted by Gasteiger charge is -2.15. The second-order valence-corrected chi connectivity index (χ2v) is 6.53. The van der Waals surface area contributed by atoms with Crippen LogP contribution in [0.2, 0.25) is 0 Å². The first kappa shape index (κ1) is 12.9. The zero-order valence-corrected chi connectivity index (χ0v) is 12.6. The third-order valence-electron chi connectivity index (χ3n) is 3.26. The van der Waals surface area contributed by atoms with Crippen LogP contribution in [-0.4, -0.2) is 6.54 Å². The fourth-order valence-corrected chi connectivity index (χ4v) is 4.16. The van der Waals surface area contributed by atoms with Gasteiger partial charge in [-0.3, -0.25) is 0 Å². The van der Waals surface area contributed by atoms with E-state index in [-0.39, 0.29) is 0 Å². The second kappa shape index (κ2) is 5.87. The van der Waals surface area contributed by atoms with Crippen molar-refractivity contribution in [2.45, 2.75) is 19.4 Å². The Balaban J connectivity index is 1.90. The van der Waals surface area contributed by atoms with E-state index in [1.165, 1.54) is 20.5 Å². The van der Waals surface area contributed by atoms with Crippen LogP contribution in [0.3, 0.4) is 0 Å². The largest absolute Gasteiger partial charge is 0.309 e. The maximum absolute atomic E-state index is 3.61. The molecule has 1 N–H and O–H groups in total. The van der Waals surface area contributed by atoms with Gasteiger partial charge in [0.2, 0.25) is 0 Å². The van der Waals surface area contributed by atoms with E-state index in [4.69, 9.17) is 0 Å². The molecule has 0 aliphatic carbocycles. The lowest BCUT2D eigenvalue weighted by molar-refractivity contribution is 0.559. The number of likely N-dealkylation sites (N-methyl/N-ethyl adjacent to an activating group) is 1. The maximum Gasteiger partial charge on any atom is 0.0456 e. The van der Waals surface area contributed by atoms with E-state index in [9.17, 15) is 0 Å². The average Bonchev–Trinajstić information content (AvgIpc) is 3.06. The van der Waals surface area contributed by atoms with Crippen LogP contribution < -0.4 is 5.32 Å². The average molecular weight is 287 g/mol. The minimum absolute atomic E-state index is 0.428. The number of benzene rings is 1. The number of thiophene rings is 2. The topological polar surface area (TPSA) is 12.0 Å². The Morgan fingerprint density at radius 3 is 2.84 bits per heavy atom. The van der Waals surface area contributed by atoms with Crippen LogP contribution in [0.15, 0.2) is 47.2 Å². The number of nitrogens with one attached hydrogen (secondary N) is 1. The highest BCUT2D eigenvalue weighted by Crippen LogP contribution is 2.31. The molecule has 0 aliphatic heterocycles. The van der Waals surface area contributed by atoms with E-state index in [1.54, 1.807) is 11.3 Å². The zero-order valence-electron chi connectivity index (χ0n) is 10.9. The van der Waals surface area contributed by atoms with Gasteiger partial charge in [0.15, 0.2) is 0 Å². The van der Waals surface area contributed by atoms with Gasteiger partial charge in [-0.15, -0.1) is 11.3 Å². The number of fused-ring (bicyclic) bond motifs is 1. The highest BCUT2D eigenvalue weighted by Gasteiger charge is 2.14. The van der Waals surface area contributed by atoms with Crippen molar-refractivity contribution in [3.63, 3.8) is 0 Å². The molecule has 3 aromatic rings.